The number of rotatable bonds is 27. The molecule has 0 aliphatic carbocycles. The van der Waals surface area contributed by atoms with Gasteiger partial charge in [0.15, 0.2) is 5.70 Å². The van der Waals surface area contributed by atoms with Gasteiger partial charge in [-0.05, 0) is 128 Å². The number of nitro benzene ring substituents is 4. The number of benzene rings is 6. The smallest absolute Gasteiger partial charge is 0.456 e. The highest BCUT2D eigenvalue weighted by Crippen LogP contribution is 2.55. The number of carbonyl (C=O) groups excluding carboxylic acids is 7. The van der Waals surface area contributed by atoms with Gasteiger partial charge in [0.1, 0.15) is 61.5 Å². The fourth-order valence-corrected chi connectivity index (χ4v) is 16.1. The molecule has 0 radical (unpaired) electrons. The number of nitrogens with zero attached hydrogens (tertiary/aromatic N) is 9. The second-order valence-corrected chi connectivity index (χ2v) is 30.8. The van der Waals surface area contributed by atoms with Crippen molar-refractivity contribution in [2.45, 2.75) is 120 Å². The zero-order chi connectivity index (χ0) is 82.3. The Morgan fingerprint density at radius 1 is 0.566 bits per heavy atom. The van der Waals surface area contributed by atoms with Crippen LogP contribution in [0.1, 0.15) is 69.2 Å². The van der Waals surface area contributed by atoms with E-state index in [2.05, 4.69) is 17.9 Å². The van der Waals surface area contributed by atoms with E-state index in [0.717, 1.165) is 0 Å². The number of aliphatic hydroxyl groups is 2. The van der Waals surface area contributed by atoms with Crippen molar-refractivity contribution < 1.29 is 101 Å². The molecule has 113 heavy (non-hydrogen) atoms. The molecule has 5 aliphatic rings. The Morgan fingerprint density at radius 3 is 1.35 bits per heavy atom. The third kappa shape index (κ3) is 21.7. The van der Waals surface area contributed by atoms with Gasteiger partial charge in [0.2, 0.25) is 17.7 Å². The van der Waals surface area contributed by atoms with Crippen molar-refractivity contribution in [1.82, 2.24) is 29.8 Å². The quantitative estimate of drug-likeness (QED) is 0.00708. The Labute approximate surface area is 657 Å². The lowest BCUT2D eigenvalue weighted by molar-refractivity contribution is -0.385. The van der Waals surface area contributed by atoms with Gasteiger partial charge in [-0.1, -0.05) is 50.2 Å². The second kappa shape index (κ2) is 38.0. The van der Waals surface area contributed by atoms with Crippen LogP contribution in [0.4, 0.5) is 32.3 Å². The minimum absolute atomic E-state index is 0.00505. The first-order valence-corrected chi connectivity index (χ1v) is 38.1. The summed E-state index contributed by atoms with van der Waals surface area (Å²) in [5.74, 6) is -3.71. The number of non-ortho nitro benzene ring substituents is 4. The molecule has 6 aromatic carbocycles. The van der Waals surface area contributed by atoms with Crippen LogP contribution in [0.2, 0.25) is 0 Å². The number of fused-ring (bicyclic) bond motifs is 1. The number of likely N-dealkylation sites (tertiary alicyclic amines) is 2. The van der Waals surface area contributed by atoms with Gasteiger partial charge >= 0.3 is 31.9 Å². The third-order valence-corrected chi connectivity index (χ3v) is 21.8. The summed E-state index contributed by atoms with van der Waals surface area (Å²) in [5, 5.41) is 66.4. The second-order valence-electron chi connectivity index (χ2n) is 27.3. The number of nitrogens with one attached hydrogen (secondary N) is 1. The summed E-state index contributed by atoms with van der Waals surface area (Å²) in [6.07, 6.45) is -2.06. The molecule has 600 valence electrons. The molecule has 3 N–H and O–H groups in total. The number of para-hydroxylation sites is 2. The predicted octanol–water partition coefficient (Wildman–Crippen LogP) is 10.4. The summed E-state index contributed by atoms with van der Waals surface area (Å²) in [7, 11) is 1.99. The summed E-state index contributed by atoms with van der Waals surface area (Å²) in [4.78, 5) is 140. The number of aliphatic hydroxyl groups excluding tert-OH is 2. The van der Waals surface area contributed by atoms with E-state index in [1.165, 1.54) is 140 Å². The number of hydrogen-bond acceptors (Lipinski definition) is 28. The number of thioether (sulfide) groups is 1. The van der Waals surface area contributed by atoms with E-state index in [1.807, 2.05) is 6.92 Å². The highest BCUT2D eigenvalue weighted by molar-refractivity contribution is 8.03. The third-order valence-electron chi connectivity index (χ3n) is 18.6. The first-order chi connectivity index (χ1) is 53.6. The van der Waals surface area contributed by atoms with Gasteiger partial charge in [-0.2, -0.15) is 17.2 Å². The lowest BCUT2D eigenvalue weighted by Crippen LogP contribution is -2.63. The number of thiol groups is 1. The molecule has 3 fully saturated rings. The van der Waals surface area contributed by atoms with Crippen LogP contribution in [0.5, 0.6) is 11.5 Å². The van der Waals surface area contributed by atoms with E-state index in [1.54, 1.807) is 103 Å². The number of esters is 2. The number of nitro groups is 4. The van der Waals surface area contributed by atoms with Gasteiger partial charge in [-0.3, -0.25) is 64.6 Å². The molecular weight excluding hydrogens is 1540 g/mol. The molecule has 38 heteroatoms. The normalized spacial score (nSPS) is 20.6. The average Bonchev–Trinajstić information content (AvgIpc) is 1.56. The summed E-state index contributed by atoms with van der Waals surface area (Å²) >= 11 is 5.62. The predicted molar refractivity (Wildman–Crippen MR) is 408 cm³/mol. The van der Waals surface area contributed by atoms with Crippen LogP contribution in [-0.4, -0.2) is 184 Å². The summed E-state index contributed by atoms with van der Waals surface area (Å²) in [5.41, 5.74) is 1.76. The first kappa shape index (κ1) is 85.3. The molecule has 35 nitrogen and oxygen atoms in total. The molecule has 11 atom stereocenters. The van der Waals surface area contributed by atoms with Crippen LogP contribution in [0.15, 0.2) is 180 Å². The zero-order valence-corrected chi connectivity index (χ0v) is 64.9. The maximum absolute atomic E-state index is 14.0. The molecule has 5 aliphatic heterocycles. The number of phosphoric ester groups is 1. The van der Waals surface area contributed by atoms with Crippen LogP contribution in [0, 0.1) is 58.2 Å². The lowest BCUT2D eigenvalue weighted by Gasteiger charge is -2.46. The number of ether oxygens (including phenoxy) is 4. The maximum atomic E-state index is 14.0. The van der Waals surface area contributed by atoms with E-state index in [0.29, 0.717) is 40.1 Å². The average molecular weight is 1620 g/mol. The standard InChI is InChI=1S/C32H35N5O11S.C28H29N2O9P.C15H19N3O5S/c1-17-26-25(18(2)38)30(40)35(26)27(31(41)47-15-19-5-9-21(10-6-19)36(43)44)28(17)49-23-13-24(29(39)33(3)4)34(14-23)32(42)48-16-20-7-11-22(12-8-20)37(45)46;1-19(31)17-25-20(2)27(26(29-25)28(32)36-18-21-13-15-22(16-14-21)30(33)34)39-40(35,37-23-9-5-3-6-10-23)38-24-11-7-4-8-12-24;1-16(2)14(19)13-7-12(24)8-17(13)15(20)23-9-10-3-5-11(6-4-10)18(21)22/h5-12,17-18,23-26,38H,13-16H2,1-4H3;3-16,19-20,25,29,31H,17-18H2,1-2H3;3-6,12-13,24H,7-9H2,1-2H3/t17-,18-,23+,24+,25-,26-;19-,20-,25+;12-,13-/m110/s1. The van der Waals surface area contributed by atoms with Crippen LogP contribution >= 0.6 is 32.2 Å². The molecule has 6 aromatic rings. The minimum Gasteiger partial charge on any atom is -0.456 e. The Bertz CT molecular complexity index is 4560. The number of amides is 5. The van der Waals surface area contributed by atoms with Gasteiger partial charge < -0.3 is 62.7 Å². The number of β-lactam (4-membered cyclic amide) rings is 1. The Kier molecular flexibility index (Phi) is 28.7. The fourth-order valence-electron chi connectivity index (χ4n) is 12.9. The summed E-state index contributed by atoms with van der Waals surface area (Å²) < 4.78 is 53.1. The topological polar surface area (TPSA) is 442 Å². The van der Waals surface area contributed by atoms with Crippen molar-refractivity contribution in [1.29, 1.82) is 0 Å². The number of hydrogen-bond donors (Lipinski definition) is 4. The van der Waals surface area contributed by atoms with E-state index >= 15 is 0 Å². The number of likely N-dealkylation sites (N-methyl/N-ethyl adjacent to an activating group) is 2. The SMILES string of the molecule is CN(C)C(=O)[C@@H]1C[C@H](S)CN1C(=O)OCc1ccc([N+](=O)[O-])cc1.C[C@@H](O)C[C@@H]1NC(C(=O)OCc2ccc([N+](=O)[O-])cc2)=C(OP(=O)(Oc2ccccc2)Oc2ccccc2)[C@@H]1C.C[C@@H](O)[C@H]1C(=O)N2C(C(=O)OCc3ccc([N+](=O)[O-])cc3)=C(S[C@H]3C[C@@H](C(=O)N(C)C)N(C(=O)OCc4ccc([N+](=O)[O-])cc4)C3)[C@H](C)[C@H]12. The highest BCUT2D eigenvalue weighted by atomic mass is 32.2. The summed E-state index contributed by atoms with van der Waals surface area (Å²) in [6.45, 7) is 6.54. The monoisotopic (exact) mass is 1620 g/mol. The van der Waals surface area contributed by atoms with E-state index in [9.17, 15) is 88.8 Å². The van der Waals surface area contributed by atoms with Crippen LogP contribution in [-0.2, 0) is 78.4 Å². The van der Waals surface area contributed by atoms with Crippen molar-refractivity contribution >= 4 is 96.8 Å². The molecule has 3 saturated heterocycles. The van der Waals surface area contributed by atoms with E-state index in [4.69, 9.17) is 32.5 Å². The van der Waals surface area contributed by atoms with Crippen molar-refractivity contribution in [2.24, 2.45) is 17.8 Å². The number of carbonyl (C=O) groups is 7. The molecule has 5 heterocycles. The molecule has 11 rings (SSSR count). The number of phosphoric acid groups is 1. The molecule has 0 unspecified atom stereocenters. The van der Waals surface area contributed by atoms with Crippen molar-refractivity contribution in [2.75, 3.05) is 41.3 Å². The van der Waals surface area contributed by atoms with Gasteiger partial charge in [-0.25, -0.2) is 19.2 Å². The van der Waals surface area contributed by atoms with E-state index < -0.39 is 111 Å². The lowest BCUT2D eigenvalue weighted by atomic mass is 9.79. The van der Waals surface area contributed by atoms with Crippen LogP contribution in [0.25, 0.3) is 0 Å². The molecule has 0 saturated carbocycles. The van der Waals surface area contributed by atoms with E-state index in [-0.39, 0.29) is 120 Å². The first-order valence-electron chi connectivity index (χ1n) is 35.3. The molecule has 0 spiro atoms. The van der Waals surface area contributed by atoms with Crippen LogP contribution in [0.3, 0.4) is 0 Å². The highest BCUT2D eigenvalue weighted by Gasteiger charge is 2.61. The van der Waals surface area contributed by atoms with Crippen LogP contribution < -0.4 is 14.4 Å². The van der Waals surface area contributed by atoms with Gasteiger partial charge in [0.05, 0.1) is 43.9 Å². The maximum Gasteiger partial charge on any atom is 0.646 e. The van der Waals surface area contributed by atoms with Gasteiger partial charge in [0, 0.05) is 123 Å². The molecular formula is C75H83N10O25PS2. The Morgan fingerprint density at radius 2 is 0.956 bits per heavy atom. The minimum atomic E-state index is -4.41. The Balaban J connectivity index is 0.000000205. The van der Waals surface area contributed by atoms with Gasteiger partial charge in [0.25, 0.3) is 22.7 Å². The van der Waals surface area contributed by atoms with Crippen molar-refractivity contribution in [3.63, 3.8) is 0 Å². The van der Waals surface area contributed by atoms with Crippen molar-refractivity contribution in [3.8, 4) is 11.5 Å². The van der Waals surface area contributed by atoms with Crippen molar-refractivity contribution in [3.05, 3.63) is 242 Å². The van der Waals surface area contributed by atoms with Gasteiger partial charge in [-0.15, -0.1) is 11.8 Å². The molecule has 0 bridgehead atoms. The zero-order valence-electron chi connectivity index (χ0n) is 62.3. The molecule has 0 aromatic heterocycles. The summed E-state index contributed by atoms with van der Waals surface area (Å²) in [6, 6.07) is 36.6. The largest absolute Gasteiger partial charge is 0.646 e. The molecule has 5 amide bonds. The fraction of sp³-hybridized carbons (Fsp3) is 0.373. The Hall–Kier alpha value is -11.7.